The van der Waals surface area contributed by atoms with Gasteiger partial charge in [-0.2, -0.15) is 5.10 Å². The molecule has 156 valence electrons. The minimum Gasteiger partial charge on any atom is -0.338 e. The van der Waals surface area contributed by atoms with Crippen molar-refractivity contribution in [2.75, 3.05) is 18.4 Å². The highest BCUT2D eigenvalue weighted by atomic mass is 32.1. The number of piperidine rings is 1. The molecule has 10 heteroatoms. The van der Waals surface area contributed by atoms with Gasteiger partial charge in [-0.1, -0.05) is 18.3 Å². The topological polar surface area (TPSA) is 102 Å². The molecule has 1 fully saturated rings. The average Bonchev–Trinajstić information content (AvgIpc) is 3.41. The second-order valence-corrected chi connectivity index (χ2v) is 8.20. The van der Waals surface area contributed by atoms with Crippen LogP contribution in [0.2, 0.25) is 0 Å². The number of aromatic nitrogens is 6. The van der Waals surface area contributed by atoms with Crippen LogP contribution in [0.25, 0.3) is 6.08 Å². The van der Waals surface area contributed by atoms with Crippen LogP contribution in [0.4, 0.5) is 10.9 Å². The standard InChI is InChI=1S/C20H24N8OS/c1-3-18-25-26-20(30-18)24-17-12-21-16(11-22-17)14-5-4-10-28(13-14)19(29)7-6-15-8-9-23-27(15)2/h6-9,11-12,14H,3-5,10,13H2,1-2H3,(H,22,24,26)/b7-6+/t14-/m0/s1. The molecule has 1 aliphatic heterocycles. The van der Waals surface area contributed by atoms with Crippen LogP contribution in [0.1, 0.15) is 42.1 Å². The first-order valence-corrected chi connectivity index (χ1v) is 10.8. The molecule has 0 aliphatic carbocycles. The molecule has 9 nitrogen and oxygen atoms in total. The second kappa shape index (κ2) is 9.12. The van der Waals surface area contributed by atoms with Gasteiger partial charge in [0.25, 0.3) is 0 Å². The fraction of sp³-hybridized carbons (Fsp3) is 0.400. The van der Waals surface area contributed by atoms with E-state index in [2.05, 4.69) is 30.6 Å². The largest absolute Gasteiger partial charge is 0.338 e. The molecule has 4 rings (SSSR count). The predicted molar refractivity (Wildman–Crippen MR) is 115 cm³/mol. The molecule has 3 aromatic rings. The van der Waals surface area contributed by atoms with E-state index in [0.717, 1.165) is 42.2 Å². The van der Waals surface area contributed by atoms with Gasteiger partial charge in [-0.25, -0.2) is 4.98 Å². The number of anilines is 2. The molecule has 0 bridgehead atoms. The van der Waals surface area contributed by atoms with E-state index in [0.29, 0.717) is 17.5 Å². The number of likely N-dealkylation sites (tertiary alicyclic amines) is 1. The van der Waals surface area contributed by atoms with Gasteiger partial charge in [-0.05, 0) is 31.4 Å². The quantitative estimate of drug-likeness (QED) is 0.607. The van der Waals surface area contributed by atoms with Crippen LogP contribution in [0.15, 0.2) is 30.7 Å². The first-order chi connectivity index (χ1) is 14.6. The molecule has 0 aromatic carbocycles. The first kappa shape index (κ1) is 20.1. The molecule has 1 aliphatic rings. The fourth-order valence-electron chi connectivity index (χ4n) is 3.40. The molecule has 3 aromatic heterocycles. The summed E-state index contributed by atoms with van der Waals surface area (Å²) in [5, 5.41) is 17.1. The number of carbonyl (C=O) groups is 1. The number of rotatable bonds is 6. The van der Waals surface area contributed by atoms with Crippen LogP contribution in [0, 0.1) is 0 Å². The monoisotopic (exact) mass is 424 g/mol. The summed E-state index contributed by atoms with van der Waals surface area (Å²) in [7, 11) is 1.85. The highest BCUT2D eigenvalue weighted by Gasteiger charge is 2.25. The summed E-state index contributed by atoms with van der Waals surface area (Å²) in [6.45, 7) is 3.45. The summed E-state index contributed by atoms with van der Waals surface area (Å²) >= 11 is 1.51. The Balaban J connectivity index is 1.37. The zero-order valence-electron chi connectivity index (χ0n) is 17.0. The molecule has 1 atom stereocenters. The fourth-order valence-corrected chi connectivity index (χ4v) is 4.08. The molecule has 1 N–H and O–H groups in total. The Morgan fingerprint density at radius 1 is 1.33 bits per heavy atom. The summed E-state index contributed by atoms with van der Waals surface area (Å²) < 4.78 is 1.73. The molecule has 0 unspecified atom stereocenters. The SMILES string of the molecule is CCc1nnc(Nc2cnc([C@H]3CCCN(C(=O)/C=C/c4ccnn4C)C3)cn2)s1. The number of carbonyl (C=O) groups excluding carboxylic acids is 1. The van der Waals surface area contributed by atoms with Gasteiger partial charge in [0, 0.05) is 38.3 Å². The van der Waals surface area contributed by atoms with Gasteiger partial charge in [0.15, 0.2) is 5.82 Å². The zero-order valence-corrected chi connectivity index (χ0v) is 17.8. The summed E-state index contributed by atoms with van der Waals surface area (Å²) in [4.78, 5) is 23.5. The van der Waals surface area contributed by atoms with E-state index in [-0.39, 0.29) is 11.8 Å². The van der Waals surface area contributed by atoms with E-state index >= 15 is 0 Å². The number of hydrogen-bond donors (Lipinski definition) is 1. The Kier molecular flexibility index (Phi) is 6.12. The molecule has 0 saturated carbocycles. The van der Waals surface area contributed by atoms with Crippen LogP contribution in [-0.2, 0) is 18.3 Å². The van der Waals surface area contributed by atoms with Crippen molar-refractivity contribution in [3.63, 3.8) is 0 Å². The zero-order chi connectivity index (χ0) is 20.9. The Labute approximate surface area is 178 Å². The number of amides is 1. The summed E-state index contributed by atoms with van der Waals surface area (Å²) in [5.41, 5.74) is 1.80. The van der Waals surface area contributed by atoms with Crippen molar-refractivity contribution >= 4 is 34.3 Å². The maximum absolute atomic E-state index is 12.6. The molecule has 0 spiro atoms. The summed E-state index contributed by atoms with van der Waals surface area (Å²) in [6.07, 6.45) is 11.4. The maximum Gasteiger partial charge on any atom is 0.246 e. The lowest BCUT2D eigenvalue weighted by atomic mass is 9.95. The van der Waals surface area contributed by atoms with Crippen molar-refractivity contribution < 1.29 is 4.79 Å². The van der Waals surface area contributed by atoms with Crippen LogP contribution in [0.5, 0.6) is 0 Å². The maximum atomic E-state index is 12.6. The van der Waals surface area contributed by atoms with E-state index in [1.165, 1.54) is 11.3 Å². The molecular formula is C20H24N8OS. The number of aryl methyl sites for hydroxylation is 2. The highest BCUT2D eigenvalue weighted by Crippen LogP contribution is 2.26. The number of nitrogens with zero attached hydrogens (tertiary/aromatic N) is 7. The third kappa shape index (κ3) is 4.70. The Hall–Kier alpha value is -3.14. The lowest BCUT2D eigenvalue weighted by Gasteiger charge is -2.31. The van der Waals surface area contributed by atoms with Gasteiger partial charge in [-0.3, -0.25) is 14.5 Å². The van der Waals surface area contributed by atoms with Gasteiger partial charge >= 0.3 is 0 Å². The van der Waals surface area contributed by atoms with Crippen molar-refractivity contribution in [2.24, 2.45) is 7.05 Å². The molecular weight excluding hydrogens is 400 g/mol. The molecule has 1 amide bonds. The molecule has 0 radical (unpaired) electrons. The highest BCUT2D eigenvalue weighted by molar-refractivity contribution is 7.15. The van der Waals surface area contributed by atoms with Crippen molar-refractivity contribution in [1.29, 1.82) is 0 Å². The third-order valence-corrected chi connectivity index (χ3v) is 6.07. The van der Waals surface area contributed by atoms with Crippen LogP contribution < -0.4 is 5.32 Å². The third-order valence-electron chi connectivity index (χ3n) is 5.08. The van der Waals surface area contributed by atoms with E-state index in [1.54, 1.807) is 35.4 Å². The summed E-state index contributed by atoms with van der Waals surface area (Å²) in [5.74, 6) is 0.832. The normalized spacial score (nSPS) is 16.9. The van der Waals surface area contributed by atoms with E-state index < -0.39 is 0 Å². The Morgan fingerprint density at radius 3 is 2.93 bits per heavy atom. The van der Waals surface area contributed by atoms with Crippen molar-refractivity contribution in [1.82, 2.24) is 34.8 Å². The molecule has 30 heavy (non-hydrogen) atoms. The van der Waals surface area contributed by atoms with E-state index in [4.69, 9.17) is 0 Å². The van der Waals surface area contributed by atoms with Gasteiger partial charge in [0.2, 0.25) is 11.0 Å². The van der Waals surface area contributed by atoms with Gasteiger partial charge in [0.05, 0.1) is 23.8 Å². The number of nitrogens with one attached hydrogen (secondary N) is 1. The lowest BCUT2D eigenvalue weighted by molar-refractivity contribution is -0.127. The predicted octanol–water partition coefficient (Wildman–Crippen LogP) is 2.79. The molecule has 1 saturated heterocycles. The lowest BCUT2D eigenvalue weighted by Crippen LogP contribution is -2.38. The first-order valence-electron chi connectivity index (χ1n) is 9.98. The number of hydrogen-bond acceptors (Lipinski definition) is 8. The van der Waals surface area contributed by atoms with Crippen LogP contribution >= 0.6 is 11.3 Å². The molecule has 4 heterocycles. The van der Waals surface area contributed by atoms with Crippen LogP contribution in [-0.4, -0.2) is 53.8 Å². The second-order valence-electron chi connectivity index (χ2n) is 7.14. The Morgan fingerprint density at radius 2 is 2.23 bits per heavy atom. The minimum absolute atomic E-state index is 0.00939. The van der Waals surface area contributed by atoms with Crippen molar-refractivity contribution in [3.05, 3.63) is 47.1 Å². The van der Waals surface area contributed by atoms with Gasteiger partial charge in [-0.15, -0.1) is 10.2 Å². The van der Waals surface area contributed by atoms with Gasteiger partial charge in [0.1, 0.15) is 5.01 Å². The van der Waals surface area contributed by atoms with Gasteiger partial charge < -0.3 is 10.2 Å². The van der Waals surface area contributed by atoms with E-state index in [1.807, 2.05) is 24.9 Å². The van der Waals surface area contributed by atoms with E-state index in [9.17, 15) is 4.79 Å². The smallest absolute Gasteiger partial charge is 0.246 e. The van der Waals surface area contributed by atoms with Crippen LogP contribution in [0.3, 0.4) is 0 Å². The average molecular weight is 425 g/mol. The van der Waals surface area contributed by atoms with Crippen molar-refractivity contribution in [3.8, 4) is 0 Å². The minimum atomic E-state index is 0.00939. The Bertz CT molecular complexity index is 1030. The van der Waals surface area contributed by atoms with Crippen molar-refractivity contribution in [2.45, 2.75) is 32.1 Å². The summed E-state index contributed by atoms with van der Waals surface area (Å²) in [6, 6.07) is 1.87.